The van der Waals surface area contributed by atoms with E-state index in [0.29, 0.717) is 11.8 Å². The Morgan fingerprint density at radius 1 is 1.13 bits per heavy atom. The quantitative estimate of drug-likeness (QED) is 0.640. The van der Waals surface area contributed by atoms with E-state index in [1.807, 2.05) is 44.7 Å². The number of piperidine rings is 1. The van der Waals surface area contributed by atoms with Crippen molar-refractivity contribution in [1.82, 2.24) is 10.2 Å². The molecule has 30 heavy (non-hydrogen) atoms. The molecule has 1 aliphatic carbocycles. The van der Waals surface area contributed by atoms with Crippen LogP contribution < -0.4 is 5.32 Å². The number of thiophene rings is 1. The number of hydrogen-bond donors (Lipinski definition) is 1. The zero-order valence-corrected chi connectivity index (χ0v) is 19.9. The predicted molar refractivity (Wildman–Crippen MR) is 122 cm³/mol. The van der Waals surface area contributed by atoms with Gasteiger partial charge < -0.3 is 15.0 Å². The van der Waals surface area contributed by atoms with Crippen LogP contribution in [0.4, 0.5) is 4.79 Å². The molecule has 1 saturated heterocycles. The Morgan fingerprint density at radius 2 is 1.80 bits per heavy atom. The van der Waals surface area contributed by atoms with Crippen molar-refractivity contribution < 1.29 is 14.3 Å². The van der Waals surface area contributed by atoms with Crippen molar-refractivity contribution in [2.75, 3.05) is 13.1 Å². The van der Waals surface area contributed by atoms with Gasteiger partial charge in [0.15, 0.2) is 0 Å². The standard InChI is InChI=1S/C24H38N2O3S/c1-17-10-11-21(30-17)22(27)25-20(19-8-6-5-7-9-19)16-18-12-14-26(15-13-18)23(28)29-24(2,3)4/h10-11,18-20H,5-9,12-16H2,1-4H3,(H,25,27). The van der Waals surface area contributed by atoms with E-state index in [-0.39, 0.29) is 18.0 Å². The fourth-order valence-electron chi connectivity index (χ4n) is 4.74. The number of ether oxygens (including phenoxy) is 1. The van der Waals surface area contributed by atoms with Crippen molar-refractivity contribution in [3.05, 3.63) is 21.9 Å². The molecule has 1 aliphatic heterocycles. The van der Waals surface area contributed by atoms with Crippen LogP contribution in [0.5, 0.6) is 0 Å². The summed E-state index contributed by atoms with van der Waals surface area (Å²) in [6, 6.07) is 4.19. The molecule has 0 aromatic carbocycles. The molecule has 168 valence electrons. The molecule has 5 nitrogen and oxygen atoms in total. The highest BCUT2D eigenvalue weighted by Gasteiger charge is 2.32. The van der Waals surface area contributed by atoms with E-state index in [4.69, 9.17) is 4.74 Å². The van der Waals surface area contributed by atoms with Crippen molar-refractivity contribution in [3.63, 3.8) is 0 Å². The van der Waals surface area contributed by atoms with Crippen LogP contribution in [0.2, 0.25) is 0 Å². The van der Waals surface area contributed by atoms with Gasteiger partial charge in [0.25, 0.3) is 5.91 Å². The summed E-state index contributed by atoms with van der Waals surface area (Å²) in [5.74, 6) is 1.20. The van der Waals surface area contributed by atoms with E-state index >= 15 is 0 Å². The highest BCUT2D eigenvalue weighted by atomic mass is 32.1. The van der Waals surface area contributed by atoms with Gasteiger partial charge in [-0.3, -0.25) is 4.79 Å². The van der Waals surface area contributed by atoms with Crippen LogP contribution in [-0.2, 0) is 4.74 Å². The summed E-state index contributed by atoms with van der Waals surface area (Å²) >= 11 is 1.57. The fourth-order valence-corrected chi connectivity index (χ4v) is 5.51. The molecule has 2 amide bonds. The molecular formula is C24H38N2O3S. The molecule has 1 saturated carbocycles. The first-order valence-electron chi connectivity index (χ1n) is 11.6. The topological polar surface area (TPSA) is 58.6 Å². The maximum absolute atomic E-state index is 12.9. The summed E-state index contributed by atoms with van der Waals surface area (Å²) in [7, 11) is 0. The Kier molecular flexibility index (Phi) is 7.83. The fraction of sp³-hybridized carbons (Fsp3) is 0.750. The molecule has 1 atom stereocenters. The lowest BCUT2D eigenvalue weighted by Gasteiger charge is -2.37. The Balaban J connectivity index is 1.57. The van der Waals surface area contributed by atoms with Crippen molar-refractivity contribution in [1.29, 1.82) is 0 Å². The first kappa shape index (κ1) is 23.1. The van der Waals surface area contributed by atoms with Gasteiger partial charge in [-0.15, -0.1) is 11.3 Å². The summed E-state index contributed by atoms with van der Waals surface area (Å²) in [5.41, 5.74) is -0.454. The van der Waals surface area contributed by atoms with Crippen molar-refractivity contribution in [3.8, 4) is 0 Å². The third-order valence-electron chi connectivity index (χ3n) is 6.35. The molecule has 1 aromatic rings. The van der Waals surface area contributed by atoms with Crippen LogP contribution in [0.3, 0.4) is 0 Å². The Labute approximate surface area is 185 Å². The maximum Gasteiger partial charge on any atom is 0.410 e. The first-order chi connectivity index (χ1) is 14.2. The zero-order chi connectivity index (χ0) is 21.7. The van der Waals surface area contributed by atoms with E-state index in [9.17, 15) is 9.59 Å². The lowest BCUT2D eigenvalue weighted by Crippen LogP contribution is -2.45. The zero-order valence-electron chi connectivity index (χ0n) is 19.0. The van der Waals surface area contributed by atoms with Gasteiger partial charge in [0, 0.05) is 24.0 Å². The lowest BCUT2D eigenvalue weighted by molar-refractivity contribution is 0.0174. The van der Waals surface area contributed by atoms with Gasteiger partial charge in [0.05, 0.1) is 4.88 Å². The Morgan fingerprint density at radius 3 is 2.37 bits per heavy atom. The smallest absolute Gasteiger partial charge is 0.410 e. The summed E-state index contributed by atoms with van der Waals surface area (Å²) in [6.45, 7) is 9.25. The van der Waals surface area contributed by atoms with Crippen LogP contribution in [0, 0.1) is 18.8 Å². The molecule has 1 aromatic heterocycles. The van der Waals surface area contributed by atoms with Crippen LogP contribution in [0.25, 0.3) is 0 Å². The highest BCUT2D eigenvalue weighted by Crippen LogP contribution is 2.32. The van der Waals surface area contributed by atoms with Gasteiger partial charge in [-0.25, -0.2) is 4.79 Å². The van der Waals surface area contributed by atoms with E-state index < -0.39 is 5.60 Å². The average Bonchev–Trinajstić information content (AvgIpc) is 3.14. The minimum Gasteiger partial charge on any atom is -0.444 e. The van der Waals surface area contributed by atoms with Gasteiger partial charge in [0.1, 0.15) is 5.60 Å². The second-order valence-corrected chi connectivity index (χ2v) is 11.3. The molecule has 1 unspecified atom stereocenters. The van der Waals surface area contributed by atoms with E-state index in [1.54, 1.807) is 11.3 Å². The molecule has 0 bridgehead atoms. The third-order valence-corrected chi connectivity index (χ3v) is 7.35. The van der Waals surface area contributed by atoms with E-state index in [2.05, 4.69) is 5.32 Å². The number of nitrogens with zero attached hydrogens (tertiary/aromatic N) is 1. The molecule has 2 heterocycles. The van der Waals surface area contributed by atoms with Crippen LogP contribution in [0.15, 0.2) is 12.1 Å². The van der Waals surface area contributed by atoms with E-state index in [0.717, 1.165) is 37.2 Å². The van der Waals surface area contributed by atoms with Gasteiger partial charge in [-0.1, -0.05) is 19.3 Å². The van der Waals surface area contributed by atoms with Crippen molar-refractivity contribution in [2.45, 2.75) is 90.7 Å². The van der Waals surface area contributed by atoms with E-state index in [1.165, 1.54) is 37.0 Å². The SMILES string of the molecule is Cc1ccc(C(=O)NC(CC2CCN(C(=O)OC(C)(C)C)CC2)C2CCCCC2)s1. The molecule has 3 rings (SSSR count). The molecule has 0 spiro atoms. The number of carbonyl (C=O) groups is 2. The number of carbonyl (C=O) groups excluding carboxylic acids is 2. The average molecular weight is 435 g/mol. The number of rotatable bonds is 5. The lowest BCUT2D eigenvalue weighted by atomic mass is 9.78. The molecule has 2 aliphatic rings. The second-order valence-electron chi connectivity index (χ2n) is 10.0. The molecule has 1 N–H and O–H groups in total. The third kappa shape index (κ3) is 6.73. The summed E-state index contributed by atoms with van der Waals surface area (Å²) < 4.78 is 5.52. The molecule has 0 radical (unpaired) electrons. The monoisotopic (exact) mass is 434 g/mol. The van der Waals surface area contributed by atoms with Gasteiger partial charge in [-0.05, 0) is 83.8 Å². The largest absolute Gasteiger partial charge is 0.444 e. The molecule has 6 heteroatoms. The number of nitrogens with one attached hydrogen (secondary N) is 1. The molecule has 2 fully saturated rings. The minimum atomic E-state index is -0.454. The number of amides is 2. The van der Waals surface area contributed by atoms with Gasteiger partial charge >= 0.3 is 6.09 Å². The Bertz CT molecular complexity index is 710. The van der Waals surface area contributed by atoms with Gasteiger partial charge in [-0.2, -0.15) is 0 Å². The summed E-state index contributed by atoms with van der Waals surface area (Å²) in [6.07, 6.45) is 9.06. The second kappa shape index (κ2) is 10.2. The highest BCUT2D eigenvalue weighted by molar-refractivity contribution is 7.13. The predicted octanol–water partition coefficient (Wildman–Crippen LogP) is 5.77. The van der Waals surface area contributed by atoms with Crippen molar-refractivity contribution >= 4 is 23.3 Å². The van der Waals surface area contributed by atoms with Gasteiger partial charge in [0.2, 0.25) is 0 Å². The number of likely N-dealkylation sites (tertiary alicyclic amines) is 1. The maximum atomic E-state index is 12.9. The van der Waals surface area contributed by atoms with Crippen molar-refractivity contribution in [2.24, 2.45) is 11.8 Å². The van der Waals surface area contributed by atoms with Crippen LogP contribution in [0.1, 0.15) is 86.7 Å². The normalized spacial score (nSPS) is 20.1. The van der Waals surface area contributed by atoms with Crippen LogP contribution in [-0.4, -0.2) is 41.6 Å². The minimum absolute atomic E-state index is 0.0786. The first-order valence-corrected chi connectivity index (χ1v) is 12.4. The summed E-state index contributed by atoms with van der Waals surface area (Å²) in [4.78, 5) is 29.0. The summed E-state index contributed by atoms with van der Waals surface area (Å²) in [5, 5.41) is 3.39. The number of aryl methyl sites for hydroxylation is 1. The Hall–Kier alpha value is -1.56. The molecular weight excluding hydrogens is 396 g/mol. The van der Waals surface area contributed by atoms with Crippen LogP contribution >= 0.6 is 11.3 Å². The number of hydrogen-bond acceptors (Lipinski definition) is 4.